The van der Waals surface area contributed by atoms with Crippen LogP contribution in [0.15, 0.2) is 18.2 Å². The quantitative estimate of drug-likeness (QED) is 0.802. The van der Waals surface area contributed by atoms with Crippen LogP contribution in [0.1, 0.15) is 19.3 Å². The van der Waals surface area contributed by atoms with E-state index in [9.17, 15) is 18.0 Å². The van der Waals surface area contributed by atoms with Gasteiger partial charge in [0.25, 0.3) is 5.91 Å². The first-order valence-corrected chi connectivity index (χ1v) is 10.5. The summed E-state index contributed by atoms with van der Waals surface area (Å²) >= 11 is 0. The zero-order valence-corrected chi connectivity index (χ0v) is 15.5. The van der Waals surface area contributed by atoms with Crippen LogP contribution in [0, 0.1) is 11.8 Å². The minimum Gasteiger partial charge on any atom is -0.495 e. The molecule has 140 valence electrons. The molecule has 4 rings (SSSR count). The van der Waals surface area contributed by atoms with Crippen molar-refractivity contribution >= 4 is 33.3 Å². The van der Waals surface area contributed by atoms with Crippen LogP contribution in [0.25, 0.3) is 0 Å². The van der Waals surface area contributed by atoms with E-state index in [2.05, 4.69) is 4.72 Å². The first-order valence-electron chi connectivity index (χ1n) is 8.60. The van der Waals surface area contributed by atoms with E-state index in [-0.39, 0.29) is 29.6 Å². The number of methoxy groups -OCH3 is 1. The Morgan fingerprint density at radius 2 is 2.00 bits per heavy atom. The van der Waals surface area contributed by atoms with Crippen molar-refractivity contribution in [2.24, 2.45) is 11.8 Å². The average molecular weight is 379 g/mol. The first kappa shape index (κ1) is 17.1. The second-order valence-electron chi connectivity index (χ2n) is 7.17. The molecule has 0 aromatic heterocycles. The maximum absolute atomic E-state index is 13.0. The Morgan fingerprint density at radius 3 is 2.69 bits per heavy atom. The molecule has 0 bridgehead atoms. The van der Waals surface area contributed by atoms with Crippen LogP contribution in [0.3, 0.4) is 0 Å². The molecule has 8 nitrogen and oxygen atoms in total. The van der Waals surface area contributed by atoms with E-state index in [0.29, 0.717) is 23.9 Å². The van der Waals surface area contributed by atoms with E-state index in [1.165, 1.54) is 13.2 Å². The molecule has 9 heteroatoms. The van der Waals surface area contributed by atoms with Crippen molar-refractivity contribution in [2.75, 3.05) is 29.5 Å². The van der Waals surface area contributed by atoms with Crippen molar-refractivity contribution in [2.45, 2.75) is 25.3 Å². The van der Waals surface area contributed by atoms with E-state index in [1.807, 2.05) is 0 Å². The van der Waals surface area contributed by atoms with Crippen LogP contribution >= 0.6 is 0 Å². The van der Waals surface area contributed by atoms with E-state index in [1.54, 1.807) is 17.0 Å². The lowest BCUT2D eigenvalue weighted by molar-refractivity contribution is -0.120. The molecule has 1 N–H and O–H groups in total. The van der Waals surface area contributed by atoms with Gasteiger partial charge in [-0.3, -0.25) is 9.52 Å². The standard InChI is InChI=1S/C17H21N3O5S/c1-25-14-7-6-11(8-13(14)18-26(2,23)24)20-16(21)15-12-5-3-4-10(12)9-19(15)17(20)22/h6-8,10,12,15,18H,3-5,9H2,1-2H3. The SMILES string of the molecule is COc1ccc(N2C(=O)C3C4CCCC4CN3C2=O)cc1NS(C)(=O)=O. The molecular weight excluding hydrogens is 358 g/mol. The number of nitrogens with one attached hydrogen (secondary N) is 1. The monoisotopic (exact) mass is 379 g/mol. The van der Waals surface area contributed by atoms with Crippen molar-refractivity contribution in [3.05, 3.63) is 18.2 Å². The zero-order valence-electron chi connectivity index (χ0n) is 14.6. The average Bonchev–Trinajstić information content (AvgIpc) is 3.19. The highest BCUT2D eigenvalue weighted by molar-refractivity contribution is 7.92. The highest BCUT2D eigenvalue weighted by Gasteiger charge is 2.57. The number of benzene rings is 1. The number of imide groups is 1. The highest BCUT2D eigenvalue weighted by atomic mass is 32.2. The number of urea groups is 1. The third-order valence-corrected chi connectivity index (χ3v) is 6.13. The second-order valence-corrected chi connectivity index (χ2v) is 8.92. The molecular formula is C17H21N3O5S. The summed E-state index contributed by atoms with van der Waals surface area (Å²) in [6.07, 6.45) is 4.18. The molecule has 0 spiro atoms. The largest absolute Gasteiger partial charge is 0.495 e. The van der Waals surface area contributed by atoms with Crippen molar-refractivity contribution in [3.8, 4) is 5.75 Å². The number of fused-ring (bicyclic) bond motifs is 3. The van der Waals surface area contributed by atoms with Gasteiger partial charge in [0.1, 0.15) is 11.8 Å². The van der Waals surface area contributed by atoms with Gasteiger partial charge in [0.15, 0.2) is 0 Å². The maximum Gasteiger partial charge on any atom is 0.332 e. The lowest BCUT2D eigenvalue weighted by Gasteiger charge is -2.19. The summed E-state index contributed by atoms with van der Waals surface area (Å²) in [6, 6.07) is 3.89. The number of carbonyl (C=O) groups is 2. The summed E-state index contributed by atoms with van der Waals surface area (Å²) in [4.78, 5) is 28.7. The lowest BCUT2D eigenvalue weighted by Crippen LogP contribution is -2.35. The number of carbonyl (C=O) groups excluding carboxylic acids is 2. The van der Waals surface area contributed by atoms with Crippen LogP contribution in [0.4, 0.5) is 16.2 Å². The first-order chi connectivity index (χ1) is 12.3. The molecule has 3 atom stereocenters. The Kier molecular flexibility index (Phi) is 3.87. The summed E-state index contributed by atoms with van der Waals surface area (Å²) in [5, 5.41) is 0. The molecule has 3 fully saturated rings. The zero-order chi connectivity index (χ0) is 18.6. The second kappa shape index (κ2) is 5.87. The molecule has 3 amide bonds. The summed E-state index contributed by atoms with van der Waals surface area (Å²) in [5.74, 6) is 0.756. The van der Waals surface area contributed by atoms with Gasteiger partial charge in [0.05, 0.1) is 24.7 Å². The molecule has 1 saturated carbocycles. The van der Waals surface area contributed by atoms with E-state index in [0.717, 1.165) is 30.4 Å². The van der Waals surface area contributed by atoms with E-state index in [4.69, 9.17) is 4.74 Å². The predicted octanol–water partition coefficient (Wildman–Crippen LogP) is 1.63. The normalized spacial score (nSPS) is 27.7. The minimum absolute atomic E-state index is 0.193. The summed E-state index contributed by atoms with van der Waals surface area (Å²) in [5.41, 5.74) is 0.537. The smallest absolute Gasteiger partial charge is 0.332 e. The van der Waals surface area contributed by atoms with Crippen molar-refractivity contribution in [1.29, 1.82) is 0 Å². The highest BCUT2D eigenvalue weighted by Crippen LogP contribution is 2.46. The number of sulfonamides is 1. The molecule has 3 unspecified atom stereocenters. The maximum atomic E-state index is 13.0. The molecule has 2 heterocycles. The van der Waals surface area contributed by atoms with Gasteiger partial charge < -0.3 is 9.64 Å². The van der Waals surface area contributed by atoms with Gasteiger partial charge in [-0.15, -0.1) is 0 Å². The molecule has 1 aromatic rings. The topological polar surface area (TPSA) is 96.0 Å². The fraction of sp³-hybridized carbons (Fsp3) is 0.529. The summed E-state index contributed by atoms with van der Waals surface area (Å²) < 4.78 is 30.7. The van der Waals surface area contributed by atoms with Gasteiger partial charge in [-0.2, -0.15) is 0 Å². The molecule has 1 aromatic carbocycles. The van der Waals surface area contributed by atoms with Crippen LogP contribution in [0.2, 0.25) is 0 Å². The van der Waals surface area contributed by atoms with Crippen molar-refractivity contribution < 1.29 is 22.7 Å². The third kappa shape index (κ3) is 2.61. The number of anilines is 2. The molecule has 2 saturated heterocycles. The summed E-state index contributed by atoms with van der Waals surface area (Å²) in [7, 11) is -2.11. The Morgan fingerprint density at radius 1 is 1.23 bits per heavy atom. The van der Waals surface area contributed by atoms with Gasteiger partial charge in [-0.1, -0.05) is 6.42 Å². The predicted molar refractivity (Wildman–Crippen MR) is 95.7 cm³/mol. The third-order valence-electron chi connectivity index (χ3n) is 5.54. The Labute approximate surface area is 152 Å². The Hall–Kier alpha value is -2.29. The van der Waals surface area contributed by atoms with Crippen molar-refractivity contribution in [1.82, 2.24) is 4.90 Å². The van der Waals surface area contributed by atoms with Crippen LogP contribution < -0.4 is 14.4 Å². The number of amides is 3. The van der Waals surface area contributed by atoms with Gasteiger partial charge in [0, 0.05) is 6.54 Å². The molecule has 26 heavy (non-hydrogen) atoms. The van der Waals surface area contributed by atoms with Gasteiger partial charge >= 0.3 is 6.03 Å². The van der Waals surface area contributed by atoms with E-state index < -0.39 is 10.0 Å². The summed E-state index contributed by atoms with van der Waals surface area (Å²) in [6.45, 7) is 0.626. The van der Waals surface area contributed by atoms with Gasteiger partial charge in [-0.05, 0) is 42.9 Å². The number of rotatable bonds is 4. The van der Waals surface area contributed by atoms with Crippen molar-refractivity contribution in [3.63, 3.8) is 0 Å². The van der Waals surface area contributed by atoms with Crippen LogP contribution in [-0.4, -0.2) is 51.2 Å². The molecule has 2 aliphatic heterocycles. The molecule has 1 aliphatic carbocycles. The number of hydrogen-bond donors (Lipinski definition) is 1. The molecule has 0 radical (unpaired) electrons. The van der Waals surface area contributed by atoms with E-state index >= 15 is 0 Å². The lowest BCUT2D eigenvalue weighted by atomic mass is 9.93. The van der Waals surface area contributed by atoms with Gasteiger partial charge in [0.2, 0.25) is 10.0 Å². The van der Waals surface area contributed by atoms with Crippen LogP contribution in [0.5, 0.6) is 5.75 Å². The molecule has 3 aliphatic rings. The fourth-order valence-electron chi connectivity index (χ4n) is 4.53. The number of nitrogens with zero attached hydrogens (tertiary/aromatic N) is 2. The van der Waals surface area contributed by atoms with Crippen LogP contribution in [-0.2, 0) is 14.8 Å². The Bertz CT molecular complexity index is 884. The minimum atomic E-state index is -3.53. The number of ether oxygens (including phenoxy) is 1. The Balaban J connectivity index is 1.69. The number of hydrogen-bond acceptors (Lipinski definition) is 5. The van der Waals surface area contributed by atoms with Gasteiger partial charge in [-0.25, -0.2) is 18.1 Å². The fourth-order valence-corrected chi connectivity index (χ4v) is 5.08.